The SMILES string of the molecule is C=CC(=O)C1CC2CN(Cc3cc4cc(-c5ccccc5O)nnc4[nH]3)CC(C1)N2. The number of fused-ring (bicyclic) bond motifs is 3. The molecule has 2 bridgehead atoms. The van der Waals surface area contributed by atoms with Gasteiger partial charge in [-0.15, -0.1) is 10.2 Å². The molecular formula is C23H25N5O2. The van der Waals surface area contributed by atoms with Crippen LogP contribution in [-0.4, -0.2) is 56.1 Å². The molecule has 3 N–H and O–H groups in total. The normalized spacial score (nSPS) is 24.1. The summed E-state index contributed by atoms with van der Waals surface area (Å²) in [6, 6.07) is 11.9. The number of allylic oxidation sites excluding steroid dienone is 1. The molecule has 2 unspecified atom stereocenters. The minimum atomic E-state index is 0.108. The maximum absolute atomic E-state index is 12.0. The molecule has 2 aliphatic rings. The molecule has 7 heteroatoms. The molecule has 0 saturated carbocycles. The van der Waals surface area contributed by atoms with Crippen molar-refractivity contribution in [2.75, 3.05) is 13.1 Å². The van der Waals surface area contributed by atoms with Gasteiger partial charge in [0.05, 0.1) is 5.69 Å². The van der Waals surface area contributed by atoms with E-state index in [0.717, 1.165) is 49.2 Å². The molecule has 30 heavy (non-hydrogen) atoms. The highest BCUT2D eigenvalue weighted by molar-refractivity contribution is 5.91. The molecule has 2 saturated heterocycles. The smallest absolute Gasteiger partial charge is 0.160 e. The number of nitrogens with one attached hydrogen (secondary N) is 2. The number of H-pyrrole nitrogens is 1. The fourth-order valence-electron chi connectivity index (χ4n) is 4.87. The topological polar surface area (TPSA) is 94.1 Å². The Bertz CT molecular complexity index is 1090. The Hall–Kier alpha value is -3.03. The van der Waals surface area contributed by atoms with Crippen molar-refractivity contribution in [2.24, 2.45) is 5.92 Å². The molecule has 2 aromatic heterocycles. The summed E-state index contributed by atoms with van der Waals surface area (Å²) in [5.41, 5.74) is 3.16. The first-order valence-corrected chi connectivity index (χ1v) is 10.4. The molecule has 4 heterocycles. The summed E-state index contributed by atoms with van der Waals surface area (Å²) in [4.78, 5) is 17.8. The monoisotopic (exact) mass is 403 g/mol. The van der Waals surface area contributed by atoms with Gasteiger partial charge in [0.15, 0.2) is 11.4 Å². The fraction of sp³-hybridized carbons (Fsp3) is 0.348. The summed E-state index contributed by atoms with van der Waals surface area (Å²) in [7, 11) is 0. The molecule has 2 fully saturated rings. The number of piperidine rings is 1. The van der Waals surface area contributed by atoms with Crippen LogP contribution >= 0.6 is 0 Å². The van der Waals surface area contributed by atoms with E-state index in [2.05, 4.69) is 38.0 Å². The quantitative estimate of drug-likeness (QED) is 0.567. The Morgan fingerprint density at radius 1 is 1.20 bits per heavy atom. The summed E-state index contributed by atoms with van der Waals surface area (Å²) in [6.07, 6.45) is 3.22. The number of nitrogens with zero attached hydrogens (tertiary/aromatic N) is 3. The second-order valence-corrected chi connectivity index (χ2v) is 8.37. The number of hydrogen-bond donors (Lipinski definition) is 3. The standard InChI is InChI=1S/C23H25N5O2/c1-2-21(29)14-7-16-11-28(12-17(8-14)24-16)13-18-9-15-10-20(26-27-23(15)25-18)19-5-3-4-6-22(19)30/h2-6,9-10,14,16-17,24,30H,1,7-8,11-13H2,(H,25,27). The minimum Gasteiger partial charge on any atom is -0.507 e. The van der Waals surface area contributed by atoms with Gasteiger partial charge >= 0.3 is 0 Å². The van der Waals surface area contributed by atoms with Crippen LogP contribution in [-0.2, 0) is 11.3 Å². The number of benzene rings is 1. The van der Waals surface area contributed by atoms with Gasteiger partial charge in [-0.3, -0.25) is 9.69 Å². The van der Waals surface area contributed by atoms with Crippen molar-refractivity contribution in [2.45, 2.75) is 31.5 Å². The summed E-state index contributed by atoms with van der Waals surface area (Å²) >= 11 is 0. The van der Waals surface area contributed by atoms with Crippen LogP contribution in [0.15, 0.2) is 49.1 Å². The second kappa shape index (κ2) is 7.66. The van der Waals surface area contributed by atoms with Crippen LogP contribution in [0.2, 0.25) is 0 Å². The van der Waals surface area contributed by atoms with E-state index in [-0.39, 0.29) is 17.5 Å². The minimum absolute atomic E-state index is 0.108. The lowest BCUT2D eigenvalue weighted by molar-refractivity contribution is -0.120. The molecule has 0 radical (unpaired) electrons. The fourth-order valence-corrected chi connectivity index (χ4v) is 4.87. The summed E-state index contributed by atoms with van der Waals surface area (Å²) < 4.78 is 0. The van der Waals surface area contributed by atoms with Gasteiger partial charge in [0.1, 0.15) is 5.75 Å². The van der Waals surface area contributed by atoms with Crippen molar-refractivity contribution in [1.82, 2.24) is 25.4 Å². The molecule has 0 aliphatic carbocycles. The zero-order valence-corrected chi connectivity index (χ0v) is 16.7. The Balaban J connectivity index is 1.31. The van der Waals surface area contributed by atoms with Crippen LogP contribution in [0.3, 0.4) is 0 Å². The first-order chi connectivity index (χ1) is 14.6. The molecule has 7 nitrogen and oxygen atoms in total. The van der Waals surface area contributed by atoms with Gasteiger partial charge in [-0.1, -0.05) is 18.7 Å². The van der Waals surface area contributed by atoms with E-state index in [4.69, 9.17) is 0 Å². The van der Waals surface area contributed by atoms with E-state index in [1.165, 1.54) is 6.08 Å². The lowest BCUT2D eigenvalue weighted by Crippen LogP contribution is -2.60. The molecule has 2 aliphatic heterocycles. The molecule has 0 amide bonds. The van der Waals surface area contributed by atoms with Crippen LogP contribution in [0.25, 0.3) is 22.3 Å². The number of hydrogen-bond acceptors (Lipinski definition) is 6. The number of piperazine rings is 1. The number of phenolic OH excluding ortho intramolecular Hbond substituents is 1. The summed E-state index contributed by atoms with van der Waals surface area (Å²) in [5, 5.41) is 23.3. The lowest BCUT2D eigenvalue weighted by Gasteiger charge is -2.44. The highest BCUT2D eigenvalue weighted by Gasteiger charge is 2.36. The number of aromatic nitrogens is 3. The Labute approximate surface area is 174 Å². The van der Waals surface area contributed by atoms with Gasteiger partial charge in [0.25, 0.3) is 0 Å². The Kier molecular flexibility index (Phi) is 4.84. The molecular weight excluding hydrogens is 378 g/mol. The highest BCUT2D eigenvalue weighted by atomic mass is 16.3. The van der Waals surface area contributed by atoms with Crippen LogP contribution in [0.4, 0.5) is 0 Å². The van der Waals surface area contributed by atoms with Gasteiger partial charge in [-0.2, -0.15) is 0 Å². The van der Waals surface area contributed by atoms with Crippen LogP contribution in [0.5, 0.6) is 5.75 Å². The van der Waals surface area contributed by atoms with Gasteiger partial charge < -0.3 is 15.4 Å². The predicted octanol–water partition coefficient (Wildman–Crippen LogP) is 2.64. The third-order valence-corrected chi connectivity index (χ3v) is 6.18. The zero-order chi connectivity index (χ0) is 20.7. The number of likely N-dealkylation sites (tertiary alicyclic amines) is 1. The van der Waals surface area contributed by atoms with Gasteiger partial charge in [0, 0.05) is 54.3 Å². The zero-order valence-electron chi connectivity index (χ0n) is 16.7. The van der Waals surface area contributed by atoms with Crippen molar-refractivity contribution >= 4 is 16.8 Å². The Morgan fingerprint density at radius 2 is 1.97 bits per heavy atom. The number of aromatic hydroxyl groups is 1. The van der Waals surface area contributed by atoms with E-state index in [0.29, 0.717) is 23.3 Å². The first-order valence-electron chi connectivity index (χ1n) is 10.4. The molecule has 3 aromatic rings. The highest BCUT2D eigenvalue weighted by Crippen LogP contribution is 2.29. The van der Waals surface area contributed by atoms with E-state index in [1.54, 1.807) is 12.1 Å². The van der Waals surface area contributed by atoms with Gasteiger partial charge in [-0.25, -0.2) is 0 Å². The maximum atomic E-state index is 12.0. The van der Waals surface area contributed by atoms with Crippen molar-refractivity contribution < 1.29 is 9.90 Å². The molecule has 154 valence electrons. The van der Waals surface area contributed by atoms with E-state index < -0.39 is 0 Å². The van der Waals surface area contributed by atoms with E-state index >= 15 is 0 Å². The van der Waals surface area contributed by atoms with Crippen LogP contribution < -0.4 is 5.32 Å². The average Bonchev–Trinajstić information content (AvgIpc) is 3.14. The summed E-state index contributed by atoms with van der Waals surface area (Å²) in [5.74, 6) is 0.481. The number of ketones is 1. The lowest BCUT2D eigenvalue weighted by atomic mass is 9.82. The molecule has 0 spiro atoms. The van der Waals surface area contributed by atoms with Crippen molar-refractivity contribution in [3.05, 3.63) is 54.7 Å². The Morgan fingerprint density at radius 3 is 2.70 bits per heavy atom. The first kappa shape index (κ1) is 19.0. The third kappa shape index (κ3) is 3.62. The number of phenols is 1. The van der Waals surface area contributed by atoms with E-state index in [1.807, 2.05) is 18.2 Å². The number of para-hydroxylation sites is 1. The number of carbonyl (C=O) groups is 1. The largest absolute Gasteiger partial charge is 0.507 e. The number of aromatic amines is 1. The molecule has 1 aromatic carbocycles. The summed E-state index contributed by atoms with van der Waals surface area (Å²) in [6.45, 7) is 6.28. The van der Waals surface area contributed by atoms with E-state index in [9.17, 15) is 9.90 Å². The number of carbonyl (C=O) groups excluding carboxylic acids is 1. The van der Waals surface area contributed by atoms with Crippen LogP contribution in [0, 0.1) is 5.92 Å². The van der Waals surface area contributed by atoms with Crippen LogP contribution in [0.1, 0.15) is 18.5 Å². The van der Waals surface area contributed by atoms with Gasteiger partial charge in [-0.05, 0) is 43.2 Å². The molecule has 2 atom stereocenters. The third-order valence-electron chi connectivity index (χ3n) is 6.18. The average molecular weight is 403 g/mol. The second-order valence-electron chi connectivity index (χ2n) is 8.37. The van der Waals surface area contributed by atoms with Gasteiger partial charge in [0.2, 0.25) is 0 Å². The maximum Gasteiger partial charge on any atom is 0.160 e. The van der Waals surface area contributed by atoms with Crippen molar-refractivity contribution in [3.8, 4) is 17.0 Å². The number of rotatable bonds is 5. The van der Waals surface area contributed by atoms with Crippen molar-refractivity contribution in [3.63, 3.8) is 0 Å². The predicted molar refractivity (Wildman–Crippen MR) is 115 cm³/mol. The molecule has 5 rings (SSSR count). The van der Waals surface area contributed by atoms with Crippen molar-refractivity contribution in [1.29, 1.82) is 0 Å².